The van der Waals surface area contributed by atoms with Crippen molar-refractivity contribution in [2.75, 3.05) is 17.3 Å². The molecule has 122 valence electrons. The van der Waals surface area contributed by atoms with Crippen LogP contribution in [-0.2, 0) is 9.59 Å². The predicted molar refractivity (Wildman–Crippen MR) is 94.0 cm³/mol. The Bertz CT molecular complexity index is 626. The number of carboxylic acid groups (broad SMARTS) is 1. The van der Waals surface area contributed by atoms with Gasteiger partial charge in [0, 0.05) is 16.4 Å². The van der Waals surface area contributed by atoms with Crippen molar-refractivity contribution >= 4 is 45.3 Å². The maximum atomic E-state index is 12.0. The molecule has 1 unspecified atom stereocenters. The number of nitrogens with zero attached hydrogens (tertiary/aromatic N) is 1. The molecule has 1 atom stereocenters. The highest BCUT2D eigenvalue weighted by Gasteiger charge is 2.21. The predicted octanol–water partition coefficient (Wildman–Crippen LogP) is 2.59. The Morgan fingerprint density at radius 3 is 2.61 bits per heavy atom. The van der Waals surface area contributed by atoms with Gasteiger partial charge >= 0.3 is 5.97 Å². The number of carbonyl (C=O) groups excluding carboxylic acids is 1. The Morgan fingerprint density at radius 2 is 2.09 bits per heavy atom. The summed E-state index contributed by atoms with van der Waals surface area (Å²) in [7, 11) is 0. The molecule has 0 heterocycles. The van der Waals surface area contributed by atoms with E-state index in [0.29, 0.717) is 17.9 Å². The molecule has 23 heavy (non-hydrogen) atoms. The number of benzene rings is 1. The maximum absolute atomic E-state index is 12.0. The topological polar surface area (TPSA) is 102 Å². The Kier molecular flexibility index (Phi) is 8.22. The SMILES string of the molecule is CSCCC(NC(=O)/C(C#N)=C\Nc1ccc(Br)cc1)C(=O)O. The normalized spacial score (nSPS) is 12.1. The van der Waals surface area contributed by atoms with E-state index in [9.17, 15) is 9.59 Å². The molecule has 0 bridgehead atoms. The maximum Gasteiger partial charge on any atom is 0.326 e. The van der Waals surface area contributed by atoms with Crippen molar-refractivity contribution in [2.24, 2.45) is 0 Å². The first-order valence-electron chi connectivity index (χ1n) is 6.63. The zero-order chi connectivity index (χ0) is 17.2. The number of hydrogen-bond acceptors (Lipinski definition) is 5. The molecule has 1 amide bonds. The highest BCUT2D eigenvalue weighted by Crippen LogP contribution is 2.14. The van der Waals surface area contributed by atoms with Gasteiger partial charge in [-0.05, 0) is 42.7 Å². The lowest BCUT2D eigenvalue weighted by atomic mass is 10.2. The summed E-state index contributed by atoms with van der Waals surface area (Å²) in [6.07, 6.45) is 3.40. The van der Waals surface area contributed by atoms with E-state index >= 15 is 0 Å². The number of nitrogens with one attached hydrogen (secondary N) is 2. The molecule has 0 saturated heterocycles. The van der Waals surface area contributed by atoms with Gasteiger partial charge in [-0.25, -0.2) is 4.79 Å². The van der Waals surface area contributed by atoms with Crippen LogP contribution in [-0.4, -0.2) is 35.0 Å². The first-order chi connectivity index (χ1) is 11.0. The Morgan fingerprint density at radius 1 is 1.43 bits per heavy atom. The minimum atomic E-state index is -1.12. The van der Waals surface area contributed by atoms with Crippen molar-refractivity contribution in [1.29, 1.82) is 5.26 Å². The highest BCUT2D eigenvalue weighted by molar-refractivity contribution is 9.10. The number of anilines is 1. The number of hydrogen-bond donors (Lipinski definition) is 3. The van der Waals surface area contributed by atoms with E-state index in [-0.39, 0.29) is 5.57 Å². The highest BCUT2D eigenvalue weighted by atomic mass is 79.9. The van der Waals surface area contributed by atoms with Gasteiger partial charge in [0.15, 0.2) is 0 Å². The molecule has 3 N–H and O–H groups in total. The van der Waals surface area contributed by atoms with Crippen molar-refractivity contribution in [2.45, 2.75) is 12.5 Å². The van der Waals surface area contributed by atoms with E-state index < -0.39 is 17.9 Å². The molecule has 0 saturated carbocycles. The minimum Gasteiger partial charge on any atom is -0.480 e. The zero-order valence-electron chi connectivity index (χ0n) is 12.4. The van der Waals surface area contributed by atoms with E-state index in [1.54, 1.807) is 18.2 Å². The third-order valence-electron chi connectivity index (χ3n) is 2.81. The number of nitriles is 1. The van der Waals surface area contributed by atoms with E-state index in [1.165, 1.54) is 18.0 Å². The van der Waals surface area contributed by atoms with E-state index in [4.69, 9.17) is 10.4 Å². The van der Waals surface area contributed by atoms with Crippen LogP contribution in [0.15, 0.2) is 40.5 Å². The number of aliphatic carboxylic acids is 1. The molecule has 6 nitrogen and oxygen atoms in total. The summed E-state index contributed by atoms with van der Waals surface area (Å²) in [5, 5.41) is 23.3. The average molecular weight is 398 g/mol. The lowest BCUT2D eigenvalue weighted by molar-refractivity contribution is -0.141. The van der Waals surface area contributed by atoms with Gasteiger partial charge in [-0.15, -0.1) is 0 Å². The van der Waals surface area contributed by atoms with Crippen molar-refractivity contribution in [3.05, 3.63) is 40.5 Å². The van der Waals surface area contributed by atoms with Crippen LogP contribution in [0.25, 0.3) is 0 Å². The summed E-state index contributed by atoms with van der Waals surface area (Å²) < 4.78 is 0.906. The summed E-state index contributed by atoms with van der Waals surface area (Å²) in [5.74, 6) is -1.24. The van der Waals surface area contributed by atoms with E-state index in [0.717, 1.165) is 4.47 Å². The van der Waals surface area contributed by atoms with Crippen LogP contribution in [0.3, 0.4) is 0 Å². The summed E-state index contributed by atoms with van der Waals surface area (Å²) in [6, 6.07) is 7.91. The number of rotatable bonds is 8. The van der Waals surface area contributed by atoms with Gasteiger partial charge in [-0.2, -0.15) is 17.0 Å². The molecule has 0 radical (unpaired) electrons. The van der Waals surface area contributed by atoms with Gasteiger partial charge in [-0.3, -0.25) is 4.79 Å². The van der Waals surface area contributed by atoms with Crippen molar-refractivity contribution < 1.29 is 14.7 Å². The van der Waals surface area contributed by atoms with Gasteiger partial charge in [0.2, 0.25) is 0 Å². The van der Waals surface area contributed by atoms with Gasteiger partial charge in [-0.1, -0.05) is 15.9 Å². The van der Waals surface area contributed by atoms with Crippen molar-refractivity contribution in [3.63, 3.8) is 0 Å². The van der Waals surface area contributed by atoms with Gasteiger partial charge < -0.3 is 15.7 Å². The summed E-state index contributed by atoms with van der Waals surface area (Å²) in [4.78, 5) is 23.1. The molecule has 0 aromatic heterocycles. The molecular weight excluding hydrogens is 382 g/mol. The second kappa shape index (κ2) is 9.92. The van der Waals surface area contributed by atoms with E-state index in [2.05, 4.69) is 26.6 Å². The third-order valence-corrected chi connectivity index (χ3v) is 3.98. The molecule has 0 spiro atoms. The Hall–Kier alpha value is -1.98. The smallest absolute Gasteiger partial charge is 0.326 e. The summed E-state index contributed by atoms with van der Waals surface area (Å²) in [5.41, 5.74) is 0.509. The number of thioether (sulfide) groups is 1. The molecular formula is C15H16BrN3O3S. The van der Waals surface area contributed by atoms with Gasteiger partial charge in [0.05, 0.1) is 0 Å². The standard InChI is InChI=1S/C15H16BrN3O3S/c1-23-7-6-13(15(21)22)19-14(20)10(8-17)9-18-12-4-2-11(16)3-5-12/h2-5,9,13,18H,6-7H2,1H3,(H,19,20)(H,21,22)/b10-9-. The van der Waals surface area contributed by atoms with Crippen LogP contribution in [0.4, 0.5) is 5.69 Å². The van der Waals surface area contributed by atoms with Gasteiger partial charge in [0.1, 0.15) is 17.7 Å². The molecule has 0 aliphatic rings. The van der Waals surface area contributed by atoms with Crippen LogP contribution >= 0.6 is 27.7 Å². The molecule has 1 rings (SSSR count). The second-order valence-electron chi connectivity index (χ2n) is 4.47. The second-order valence-corrected chi connectivity index (χ2v) is 6.37. The first kappa shape index (κ1) is 19.1. The lowest BCUT2D eigenvalue weighted by Gasteiger charge is -2.13. The summed E-state index contributed by atoms with van der Waals surface area (Å²) in [6.45, 7) is 0. The van der Waals surface area contributed by atoms with Crippen LogP contribution in [0.5, 0.6) is 0 Å². The fourth-order valence-electron chi connectivity index (χ4n) is 1.58. The van der Waals surface area contributed by atoms with Crippen LogP contribution in [0.1, 0.15) is 6.42 Å². The number of halogens is 1. The van der Waals surface area contributed by atoms with Crippen LogP contribution < -0.4 is 10.6 Å². The minimum absolute atomic E-state index is 0.191. The monoisotopic (exact) mass is 397 g/mol. The molecule has 1 aromatic rings. The third kappa shape index (κ3) is 6.76. The quantitative estimate of drug-likeness (QED) is 0.460. The largest absolute Gasteiger partial charge is 0.480 e. The van der Waals surface area contributed by atoms with Gasteiger partial charge in [0.25, 0.3) is 5.91 Å². The Labute approximate surface area is 147 Å². The fourth-order valence-corrected chi connectivity index (χ4v) is 2.32. The van der Waals surface area contributed by atoms with E-state index in [1.807, 2.05) is 18.4 Å². The molecule has 0 fully saturated rings. The summed E-state index contributed by atoms with van der Waals surface area (Å²) >= 11 is 4.79. The number of amides is 1. The van der Waals surface area contributed by atoms with Crippen molar-refractivity contribution in [1.82, 2.24) is 5.32 Å². The molecule has 1 aromatic carbocycles. The molecule has 8 heteroatoms. The fraction of sp³-hybridized carbons (Fsp3) is 0.267. The lowest BCUT2D eigenvalue weighted by Crippen LogP contribution is -2.41. The number of carboxylic acids is 1. The molecule has 0 aliphatic carbocycles. The molecule has 0 aliphatic heterocycles. The number of carbonyl (C=O) groups is 2. The first-order valence-corrected chi connectivity index (χ1v) is 8.81. The van der Waals surface area contributed by atoms with Crippen LogP contribution in [0, 0.1) is 11.3 Å². The van der Waals surface area contributed by atoms with Crippen molar-refractivity contribution in [3.8, 4) is 6.07 Å². The zero-order valence-corrected chi connectivity index (χ0v) is 14.8. The van der Waals surface area contributed by atoms with Crippen LogP contribution in [0.2, 0.25) is 0 Å². The Balaban J connectivity index is 2.73. The average Bonchev–Trinajstić information content (AvgIpc) is 2.53.